The first-order valence-electron chi connectivity index (χ1n) is 6.15. The number of aliphatic hydroxyl groups excluding tert-OH is 1. The van der Waals surface area contributed by atoms with Crippen molar-refractivity contribution in [2.75, 3.05) is 19.8 Å². The summed E-state index contributed by atoms with van der Waals surface area (Å²) in [5, 5.41) is 8.70. The Morgan fingerprint density at radius 2 is 1.68 bits per heavy atom. The summed E-state index contributed by atoms with van der Waals surface area (Å²) < 4.78 is 5.26. The Hall–Kier alpha value is -1.72. The van der Waals surface area contributed by atoms with Crippen LogP contribution in [0.5, 0.6) is 0 Å². The molecule has 1 aliphatic heterocycles. The Balaban J connectivity index is 2.23. The van der Waals surface area contributed by atoms with E-state index in [1.54, 1.807) is 38.1 Å². The number of fused-ring (bicyclic) bond motifs is 1. The van der Waals surface area contributed by atoms with E-state index in [0.29, 0.717) is 11.1 Å². The standard InChI is InChI=1S/C14H17NO4/c1-14(2,9-19-8-7-16)15-12(17)10-5-3-4-6-11(10)13(15)18/h3-6,16H,7-9H2,1-2H3. The zero-order chi connectivity index (χ0) is 14.0. The molecule has 2 amide bonds. The van der Waals surface area contributed by atoms with Gasteiger partial charge < -0.3 is 9.84 Å². The number of imide groups is 1. The lowest BCUT2D eigenvalue weighted by atomic mass is 10.0. The van der Waals surface area contributed by atoms with E-state index < -0.39 is 5.54 Å². The second-order valence-electron chi connectivity index (χ2n) is 5.08. The van der Waals surface area contributed by atoms with Crippen LogP contribution in [0.4, 0.5) is 0 Å². The van der Waals surface area contributed by atoms with Crippen LogP contribution in [-0.4, -0.2) is 47.2 Å². The van der Waals surface area contributed by atoms with E-state index in [1.165, 1.54) is 4.90 Å². The lowest BCUT2D eigenvalue weighted by molar-refractivity contribution is 0.00853. The summed E-state index contributed by atoms with van der Waals surface area (Å²) in [4.78, 5) is 25.8. The van der Waals surface area contributed by atoms with E-state index in [1.807, 2.05) is 0 Å². The van der Waals surface area contributed by atoms with Gasteiger partial charge in [-0.05, 0) is 26.0 Å². The van der Waals surface area contributed by atoms with E-state index in [-0.39, 0.29) is 31.6 Å². The van der Waals surface area contributed by atoms with Gasteiger partial charge in [-0.2, -0.15) is 0 Å². The van der Waals surface area contributed by atoms with E-state index in [2.05, 4.69) is 0 Å². The summed E-state index contributed by atoms with van der Waals surface area (Å²) in [6.45, 7) is 3.84. The van der Waals surface area contributed by atoms with Crippen molar-refractivity contribution in [2.45, 2.75) is 19.4 Å². The molecule has 5 heteroatoms. The predicted molar refractivity (Wildman–Crippen MR) is 68.9 cm³/mol. The molecular formula is C14H17NO4. The van der Waals surface area contributed by atoms with Gasteiger partial charge >= 0.3 is 0 Å². The van der Waals surface area contributed by atoms with Crippen LogP contribution in [-0.2, 0) is 4.74 Å². The zero-order valence-corrected chi connectivity index (χ0v) is 11.0. The smallest absolute Gasteiger partial charge is 0.262 e. The fraction of sp³-hybridized carbons (Fsp3) is 0.429. The Bertz CT molecular complexity index is 475. The molecule has 1 aliphatic rings. The number of nitrogens with zero attached hydrogens (tertiary/aromatic N) is 1. The summed E-state index contributed by atoms with van der Waals surface area (Å²) in [5.41, 5.74) is 0.119. The maximum atomic E-state index is 12.3. The lowest BCUT2D eigenvalue weighted by Gasteiger charge is -2.33. The van der Waals surface area contributed by atoms with Crippen molar-refractivity contribution in [3.8, 4) is 0 Å². The van der Waals surface area contributed by atoms with E-state index in [9.17, 15) is 9.59 Å². The third-order valence-electron chi connectivity index (χ3n) is 3.09. The maximum absolute atomic E-state index is 12.3. The average molecular weight is 263 g/mol. The molecule has 1 N–H and O–H groups in total. The van der Waals surface area contributed by atoms with Gasteiger partial charge in [-0.3, -0.25) is 14.5 Å². The van der Waals surface area contributed by atoms with Crippen molar-refractivity contribution in [3.05, 3.63) is 35.4 Å². The third kappa shape index (κ3) is 2.39. The Labute approximate surface area is 111 Å². The summed E-state index contributed by atoms with van der Waals surface area (Å²) in [5.74, 6) is -0.587. The predicted octanol–water partition coefficient (Wildman–Crippen LogP) is 1.07. The van der Waals surface area contributed by atoms with Gasteiger partial charge in [-0.25, -0.2) is 0 Å². The van der Waals surface area contributed by atoms with Crippen molar-refractivity contribution in [1.29, 1.82) is 0 Å². The summed E-state index contributed by atoms with van der Waals surface area (Å²) in [6.07, 6.45) is 0. The molecule has 102 valence electrons. The highest BCUT2D eigenvalue weighted by Crippen LogP contribution is 2.29. The van der Waals surface area contributed by atoms with Gasteiger partial charge in [0.2, 0.25) is 0 Å². The Kier molecular flexibility index (Phi) is 3.68. The minimum atomic E-state index is -0.748. The number of benzene rings is 1. The molecule has 0 spiro atoms. The number of carbonyl (C=O) groups is 2. The molecule has 5 nitrogen and oxygen atoms in total. The van der Waals surface area contributed by atoms with Gasteiger partial charge in [0.15, 0.2) is 0 Å². The van der Waals surface area contributed by atoms with Crippen molar-refractivity contribution in [2.24, 2.45) is 0 Å². The monoisotopic (exact) mass is 263 g/mol. The molecule has 2 rings (SSSR count). The molecule has 0 saturated heterocycles. The number of hydrogen-bond acceptors (Lipinski definition) is 4. The second-order valence-corrected chi connectivity index (χ2v) is 5.08. The summed E-state index contributed by atoms with van der Waals surface area (Å²) in [7, 11) is 0. The van der Waals surface area contributed by atoms with Crippen molar-refractivity contribution in [1.82, 2.24) is 4.90 Å². The molecule has 0 radical (unpaired) electrons. The molecule has 0 atom stereocenters. The summed E-state index contributed by atoms with van der Waals surface area (Å²) in [6, 6.07) is 6.78. The second kappa shape index (κ2) is 5.11. The number of aliphatic hydroxyl groups is 1. The molecule has 0 aromatic heterocycles. The molecule has 0 unspecified atom stereocenters. The van der Waals surface area contributed by atoms with Gasteiger partial charge in [0.1, 0.15) is 0 Å². The molecule has 19 heavy (non-hydrogen) atoms. The molecule has 0 aliphatic carbocycles. The molecule has 0 bridgehead atoms. The van der Waals surface area contributed by atoms with Gasteiger partial charge in [0.25, 0.3) is 11.8 Å². The number of rotatable bonds is 5. The van der Waals surface area contributed by atoms with Crippen LogP contribution in [0.1, 0.15) is 34.6 Å². The minimum Gasteiger partial charge on any atom is -0.394 e. The van der Waals surface area contributed by atoms with Gasteiger partial charge in [-0.15, -0.1) is 0 Å². The van der Waals surface area contributed by atoms with Crippen LogP contribution >= 0.6 is 0 Å². The number of ether oxygens (including phenoxy) is 1. The first kappa shape index (κ1) is 13.7. The van der Waals surface area contributed by atoms with Crippen LogP contribution in [0, 0.1) is 0 Å². The van der Waals surface area contributed by atoms with Crippen LogP contribution < -0.4 is 0 Å². The van der Waals surface area contributed by atoms with Gasteiger partial charge in [-0.1, -0.05) is 12.1 Å². The lowest BCUT2D eigenvalue weighted by Crippen LogP contribution is -2.50. The SMILES string of the molecule is CC(C)(COCCO)N1C(=O)c2ccccc2C1=O. The van der Waals surface area contributed by atoms with Crippen molar-refractivity contribution < 1.29 is 19.4 Å². The van der Waals surface area contributed by atoms with Crippen LogP contribution in [0.15, 0.2) is 24.3 Å². The van der Waals surface area contributed by atoms with Crippen molar-refractivity contribution in [3.63, 3.8) is 0 Å². The molecule has 0 fully saturated rings. The van der Waals surface area contributed by atoms with Crippen LogP contribution in [0.25, 0.3) is 0 Å². The molecule has 0 saturated carbocycles. The van der Waals surface area contributed by atoms with Gasteiger partial charge in [0.05, 0.1) is 36.5 Å². The first-order chi connectivity index (χ1) is 8.99. The average Bonchev–Trinajstić information content (AvgIpc) is 2.63. The quantitative estimate of drug-likeness (QED) is 0.637. The number of carbonyl (C=O) groups excluding carboxylic acids is 2. The highest BCUT2D eigenvalue weighted by molar-refractivity contribution is 6.21. The normalized spacial score (nSPS) is 15.0. The number of amides is 2. The van der Waals surface area contributed by atoms with E-state index in [0.717, 1.165) is 0 Å². The topological polar surface area (TPSA) is 66.8 Å². The van der Waals surface area contributed by atoms with Crippen molar-refractivity contribution >= 4 is 11.8 Å². The molecule has 1 heterocycles. The van der Waals surface area contributed by atoms with Crippen LogP contribution in [0.3, 0.4) is 0 Å². The number of hydrogen-bond donors (Lipinski definition) is 1. The molecular weight excluding hydrogens is 246 g/mol. The Morgan fingerprint density at radius 3 is 2.16 bits per heavy atom. The largest absolute Gasteiger partial charge is 0.394 e. The fourth-order valence-electron chi connectivity index (χ4n) is 2.19. The Morgan fingerprint density at radius 1 is 1.16 bits per heavy atom. The fourth-order valence-corrected chi connectivity index (χ4v) is 2.19. The van der Waals surface area contributed by atoms with E-state index >= 15 is 0 Å². The van der Waals surface area contributed by atoms with Crippen LogP contribution in [0.2, 0.25) is 0 Å². The highest BCUT2D eigenvalue weighted by atomic mass is 16.5. The first-order valence-corrected chi connectivity index (χ1v) is 6.15. The maximum Gasteiger partial charge on any atom is 0.262 e. The highest BCUT2D eigenvalue weighted by Gasteiger charge is 2.43. The molecule has 1 aromatic rings. The molecule has 1 aromatic carbocycles. The zero-order valence-electron chi connectivity index (χ0n) is 11.0. The van der Waals surface area contributed by atoms with Gasteiger partial charge in [0, 0.05) is 0 Å². The van der Waals surface area contributed by atoms with E-state index in [4.69, 9.17) is 9.84 Å². The third-order valence-corrected chi connectivity index (χ3v) is 3.09. The minimum absolute atomic E-state index is 0.0851. The summed E-state index contributed by atoms with van der Waals surface area (Å²) >= 11 is 0.